The van der Waals surface area contributed by atoms with Crippen molar-refractivity contribution in [3.63, 3.8) is 0 Å². The highest BCUT2D eigenvalue weighted by Crippen LogP contribution is 2.17. The Morgan fingerprint density at radius 2 is 2.45 bits per heavy atom. The Bertz CT molecular complexity index is 515. The number of piperidine rings is 1. The van der Waals surface area contributed by atoms with E-state index in [1.54, 1.807) is 11.3 Å². The molecule has 1 atom stereocenters. The first-order valence-corrected chi connectivity index (χ1v) is 7.72. The molecule has 108 valence electrons. The zero-order chi connectivity index (χ0) is 14.4. The molecule has 20 heavy (non-hydrogen) atoms. The number of carbonyl (C=O) groups is 1. The molecular weight excluding hydrogens is 272 g/mol. The lowest BCUT2D eigenvalue weighted by Crippen LogP contribution is -2.44. The molecule has 1 unspecified atom stereocenters. The van der Waals surface area contributed by atoms with Gasteiger partial charge in [0.25, 0.3) is 0 Å². The number of aliphatic hydroxyl groups excluding tert-OH is 1. The fourth-order valence-electron chi connectivity index (χ4n) is 2.32. The second-order valence-corrected chi connectivity index (χ2v) is 6.25. The van der Waals surface area contributed by atoms with Crippen LogP contribution in [0.5, 0.6) is 0 Å². The van der Waals surface area contributed by atoms with E-state index in [-0.39, 0.29) is 12.6 Å². The molecule has 1 aromatic heterocycles. The molecular formula is C15H20N2O2S. The standard InChI is InChI=1S/C15H20N2O2S/c1-12-4-2-8-17(11-12)15(19)16-10-14-7-6-13(20-14)5-3-9-18/h6-7,12,18H,2,4,8-11H2,1H3,(H,16,19). The summed E-state index contributed by atoms with van der Waals surface area (Å²) in [6, 6.07) is 3.90. The molecule has 1 aliphatic heterocycles. The van der Waals surface area contributed by atoms with Gasteiger partial charge in [0.05, 0.1) is 11.4 Å². The molecule has 0 saturated carbocycles. The highest BCUT2D eigenvalue weighted by atomic mass is 32.1. The molecule has 1 saturated heterocycles. The maximum absolute atomic E-state index is 12.1. The summed E-state index contributed by atoms with van der Waals surface area (Å²) in [6.45, 7) is 4.30. The number of hydrogen-bond donors (Lipinski definition) is 2. The molecule has 0 aliphatic carbocycles. The predicted octanol–water partition coefficient (Wildman–Crippen LogP) is 2.03. The number of amides is 2. The van der Waals surface area contributed by atoms with Crippen LogP contribution >= 0.6 is 11.3 Å². The van der Waals surface area contributed by atoms with Crippen LogP contribution in [0.4, 0.5) is 4.79 Å². The number of likely N-dealkylation sites (tertiary alicyclic amines) is 1. The third-order valence-corrected chi connectivity index (χ3v) is 4.31. The van der Waals surface area contributed by atoms with Crippen molar-refractivity contribution < 1.29 is 9.90 Å². The van der Waals surface area contributed by atoms with Gasteiger partial charge < -0.3 is 15.3 Å². The summed E-state index contributed by atoms with van der Waals surface area (Å²) in [6.07, 6.45) is 2.30. The van der Waals surface area contributed by atoms with Crippen molar-refractivity contribution in [1.29, 1.82) is 0 Å². The van der Waals surface area contributed by atoms with E-state index in [1.807, 2.05) is 17.0 Å². The van der Waals surface area contributed by atoms with Crippen LogP contribution in [0.15, 0.2) is 12.1 Å². The average molecular weight is 292 g/mol. The monoisotopic (exact) mass is 292 g/mol. The molecule has 1 aromatic rings. The van der Waals surface area contributed by atoms with Crippen LogP contribution in [-0.4, -0.2) is 35.7 Å². The third-order valence-electron chi connectivity index (χ3n) is 3.31. The Kier molecular flexibility index (Phi) is 5.45. The molecule has 0 radical (unpaired) electrons. The van der Waals surface area contributed by atoms with Crippen molar-refractivity contribution in [3.8, 4) is 11.8 Å². The van der Waals surface area contributed by atoms with Gasteiger partial charge in [0.2, 0.25) is 0 Å². The molecule has 0 spiro atoms. The molecule has 0 bridgehead atoms. The highest BCUT2D eigenvalue weighted by molar-refractivity contribution is 7.12. The Morgan fingerprint density at radius 3 is 3.20 bits per heavy atom. The number of nitrogens with one attached hydrogen (secondary N) is 1. The van der Waals surface area contributed by atoms with E-state index in [0.29, 0.717) is 12.5 Å². The first-order valence-electron chi connectivity index (χ1n) is 6.90. The minimum atomic E-state index is -0.128. The first kappa shape index (κ1) is 14.9. The van der Waals surface area contributed by atoms with Gasteiger partial charge in [-0.05, 0) is 30.9 Å². The van der Waals surface area contributed by atoms with E-state index < -0.39 is 0 Å². The van der Waals surface area contributed by atoms with Gasteiger partial charge in [0.1, 0.15) is 6.61 Å². The fourth-order valence-corrected chi connectivity index (χ4v) is 3.14. The summed E-state index contributed by atoms with van der Waals surface area (Å²) >= 11 is 1.54. The number of aliphatic hydroxyl groups is 1. The molecule has 1 fully saturated rings. The topological polar surface area (TPSA) is 52.6 Å². The summed E-state index contributed by atoms with van der Waals surface area (Å²) in [5.41, 5.74) is 0. The molecule has 2 N–H and O–H groups in total. The highest BCUT2D eigenvalue weighted by Gasteiger charge is 2.20. The summed E-state index contributed by atoms with van der Waals surface area (Å²) < 4.78 is 0. The van der Waals surface area contributed by atoms with E-state index in [4.69, 9.17) is 5.11 Å². The maximum atomic E-state index is 12.1. The normalized spacial score (nSPS) is 18.3. The van der Waals surface area contributed by atoms with Crippen molar-refractivity contribution >= 4 is 17.4 Å². The minimum absolute atomic E-state index is 0.0212. The lowest BCUT2D eigenvalue weighted by molar-refractivity contribution is 0.169. The lowest BCUT2D eigenvalue weighted by atomic mass is 10.0. The van der Waals surface area contributed by atoms with Gasteiger partial charge in [-0.1, -0.05) is 18.8 Å². The lowest BCUT2D eigenvalue weighted by Gasteiger charge is -2.30. The van der Waals surface area contributed by atoms with E-state index in [0.717, 1.165) is 29.3 Å². The van der Waals surface area contributed by atoms with Gasteiger partial charge in [0, 0.05) is 18.0 Å². The van der Waals surface area contributed by atoms with Crippen LogP contribution in [0.1, 0.15) is 29.5 Å². The number of thiophene rings is 1. The molecule has 2 amide bonds. The van der Waals surface area contributed by atoms with Gasteiger partial charge in [-0.25, -0.2) is 4.79 Å². The number of hydrogen-bond acceptors (Lipinski definition) is 3. The van der Waals surface area contributed by atoms with Gasteiger partial charge >= 0.3 is 6.03 Å². The van der Waals surface area contributed by atoms with Crippen LogP contribution in [0.3, 0.4) is 0 Å². The van der Waals surface area contributed by atoms with Gasteiger partial charge in [-0.2, -0.15) is 0 Å². The van der Waals surface area contributed by atoms with E-state index in [2.05, 4.69) is 24.1 Å². The fraction of sp³-hybridized carbons (Fsp3) is 0.533. The molecule has 1 aliphatic rings. The smallest absolute Gasteiger partial charge is 0.317 e. The Morgan fingerprint density at radius 1 is 1.60 bits per heavy atom. The van der Waals surface area contributed by atoms with Crippen LogP contribution in [-0.2, 0) is 6.54 Å². The zero-order valence-electron chi connectivity index (χ0n) is 11.7. The second-order valence-electron chi connectivity index (χ2n) is 5.08. The number of nitrogens with zero attached hydrogens (tertiary/aromatic N) is 1. The van der Waals surface area contributed by atoms with E-state index >= 15 is 0 Å². The molecule has 5 heteroatoms. The summed E-state index contributed by atoms with van der Waals surface area (Å²) in [5.74, 6) is 6.08. The van der Waals surface area contributed by atoms with Crippen molar-refractivity contribution in [2.75, 3.05) is 19.7 Å². The van der Waals surface area contributed by atoms with Crippen molar-refractivity contribution in [3.05, 3.63) is 21.9 Å². The maximum Gasteiger partial charge on any atom is 0.317 e. The van der Waals surface area contributed by atoms with Gasteiger partial charge in [0.15, 0.2) is 0 Å². The van der Waals surface area contributed by atoms with Crippen LogP contribution in [0.25, 0.3) is 0 Å². The quantitative estimate of drug-likeness (QED) is 0.820. The Labute approximate surface area is 123 Å². The Hall–Kier alpha value is -1.51. The molecule has 2 rings (SSSR count). The summed E-state index contributed by atoms with van der Waals surface area (Å²) in [5, 5.41) is 11.6. The molecule has 0 aromatic carbocycles. The summed E-state index contributed by atoms with van der Waals surface area (Å²) in [4.78, 5) is 15.9. The van der Waals surface area contributed by atoms with Crippen LogP contribution in [0.2, 0.25) is 0 Å². The van der Waals surface area contributed by atoms with Crippen LogP contribution < -0.4 is 5.32 Å². The Balaban J connectivity index is 1.82. The number of urea groups is 1. The summed E-state index contributed by atoms with van der Waals surface area (Å²) in [7, 11) is 0. The second kappa shape index (κ2) is 7.32. The SMILES string of the molecule is CC1CCCN(C(=O)NCc2ccc(C#CCO)s2)C1. The number of carbonyl (C=O) groups excluding carboxylic acids is 1. The van der Waals surface area contributed by atoms with Crippen molar-refractivity contribution in [2.24, 2.45) is 5.92 Å². The van der Waals surface area contributed by atoms with E-state index in [9.17, 15) is 4.79 Å². The largest absolute Gasteiger partial charge is 0.384 e. The number of rotatable bonds is 2. The van der Waals surface area contributed by atoms with Crippen molar-refractivity contribution in [1.82, 2.24) is 10.2 Å². The van der Waals surface area contributed by atoms with E-state index in [1.165, 1.54) is 6.42 Å². The predicted molar refractivity (Wildman–Crippen MR) is 80.5 cm³/mol. The zero-order valence-corrected chi connectivity index (χ0v) is 12.5. The van der Waals surface area contributed by atoms with Crippen LogP contribution in [0, 0.1) is 17.8 Å². The molecule has 2 heterocycles. The van der Waals surface area contributed by atoms with Gasteiger partial charge in [-0.15, -0.1) is 11.3 Å². The molecule has 4 nitrogen and oxygen atoms in total. The van der Waals surface area contributed by atoms with Crippen molar-refractivity contribution in [2.45, 2.75) is 26.3 Å². The first-order chi connectivity index (χ1) is 9.69. The third kappa shape index (κ3) is 4.26. The van der Waals surface area contributed by atoms with Gasteiger partial charge in [-0.3, -0.25) is 0 Å². The average Bonchev–Trinajstić information content (AvgIpc) is 2.90. The minimum Gasteiger partial charge on any atom is -0.384 e.